The average molecular weight is 296 g/mol. The van der Waals surface area contributed by atoms with Crippen LogP contribution in [0.4, 0.5) is 0 Å². The van der Waals surface area contributed by atoms with Crippen molar-refractivity contribution in [3.63, 3.8) is 0 Å². The lowest BCUT2D eigenvalue weighted by Gasteiger charge is -2.29. The minimum absolute atomic E-state index is 0.689. The molecule has 1 aliphatic rings. The maximum atomic E-state index is 5.92. The van der Waals surface area contributed by atoms with E-state index in [0.717, 1.165) is 36.4 Å². The molecular weight excluding hydrogens is 268 g/mol. The first-order chi connectivity index (χ1) is 9.54. The van der Waals surface area contributed by atoms with E-state index in [1.165, 1.54) is 24.4 Å². The molecule has 1 fully saturated rings. The Hall–Kier alpha value is -0.450. The van der Waals surface area contributed by atoms with Gasteiger partial charge in [-0.2, -0.15) is 11.8 Å². The Bertz CT molecular complexity index is 417. The monoisotopic (exact) mass is 296 g/mol. The highest BCUT2D eigenvalue weighted by atomic mass is 32.2. The number of thioether (sulfide) groups is 1. The van der Waals surface area contributed by atoms with E-state index in [4.69, 9.17) is 4.42 Å². The number of furan rings is 1. The summed E-state index contributed by atoms with van der Waals surface area (Å²) in [4.78, 5) is 2.50. The van der Waals surface area contributed by atoms with E-state index in [0.29, 0.717) is 5.92 Å². The third-order valence-electron chi connectivity index (χ3n) is 3.64. The zero-order valence-corrected chi connectivity index (χ0v) is 14.1. The van der Waals surface area contributed by atoms with Gasteiger partial charge in [-0.25, -0.2) is 0 Å². The van der Waals surface area contributed by atoms with Gasteiger partial charge < -0.3 is 9.73 Å². The molecule has 0 radical (unpaired) electrons. The summed E-state index contributed by atoms with van der Waals surface area (Å²) in [6.07, 6.45) is 0. The summed E-state index contributed by atoms with van der Waals surface area (Å²) < 4.78 is 5.92. The summed E-state index contributed by atoms with van der Waals surface area (Å²) in [6.45, 7) is 14.1. The fraction of sp³-hybridized carbons (Fsp3) is 0.750. The summed E-state index contributed by atoms with van der Waals surface area (Å²) >= 11 is 2.07. The molecule has 2 rings (SSSR count). The molecule has 20 heavy (non-hydrogen) atoms. The highest BCUT2D eigenvalue weighted by molar-refractivity contribution is 7.99. The van der Waals surface area contributed by atoms with Crippen molar-refractivity contribution in [1.29, 1.82) is 0 Å². The highest BCUT2D eigenvalue weighted by Gasteiger charge is 2.18. The van der Waals surface area contributed by atoms with Crippen molar-refractivity contribution in [3.8, 4) is 0 Å². The zero-order chi connectivity index (χ0) is 14.5. The molecule has 1 aromatic heterocycles. The van der Waals surface area contributed by atoms with E-state index in [1.807, 2.05) is 0 Å². The molecule has 114 valence electrons. The van der Waals surface area contributed by atoms with Crippen LogP contribution in [-0.4, -0.2) is 35.5 Å². The molecule has 1 aliphatic heterocycles. The van der Waals surface area contributed by atoms with E-state index < -0.39 is 0 Å². The Morgan fingerprint density at radius 3 is 3.00 bits per heavy atom. The molecule has 0 aliphatic carbocycles. The van der Waals surface area contributed by atoms with Gasteiger partial charge in [-0.05, 0) is 25.5 Å². The van der Waals surface area contributed by atoms with Gasteiger partial charge in [0.2, 0.25) is 0 Å². The zero-order valence-electron chi connectivity index (χ0n) is 13.2. The van der Waals surface area contributed by atoms with E-state index in [9.17, 15) is 0 Å². The number of hydrogen-bond acceptors (Lipinski definition) is 4. The summed E-state index contributed by atoms with van der Waals surface area (Å²) in [7, 11) is 0. The van der Waals surface area contributed by atoms with Gasteiger partial charge in [0.1, 0.15) is 11.5 Å². The lowest BCUT2D eigenvalue weighted by Crippen LogP contribution is -2.35. The van der Waals surface area contributed by atoms with E-state index >= 15 is 0 Å². The molecule has 1 unspecified atom stereocenters. The van der Waals surface area contributed by atoms with Gasteiger partial charge in [0.05, 0.1) is 6.54 Å². The van der Waals surface area contributed by atoms with Crippen LogP contribution in [0.3, 0.4) is 0 Å². The Balaban J connectivity index is 1.86. The van der Waals surface area contributed by atoms with Crippen LogP contribution in [-0.2, 0) is 13.1 Å². The molecule has 1 N–H and O–H groups in total. The van der Waals surface area contributed by atoms with Crippen molar-refractivity contribution in [2.75, 3.05) is 25.4 Å². The normalized spacial score (nSPS) is 20.8. The van der Waals surface area contributed by atoms with Gasteiger partial charge in [0, 0.05) is 36.2 Å². The average Bonchev–Trinajstić information content (AvgIpc) is 2.69. The SMILES string of the molecule is Cc1oc(CN2CCSC(C)C2)cc1CNCC(C)C. The van der Waals surface area contributed by atoms with Gasteiger partial charge in [0.25, 0.3) is 0 Å². The highest BCUT2D eigenvalue weighted by Crippen LogP contribution is 2.21. The van der Waals surface area contributed by atoms with Crippen molar-refractivity contribution in [2.45, 2.75) is 46.0 Å². The number of nitrogens with one attached hydrogen (secondary N) is 1. The number of nitrogens with zero attached hydrogens (tertiary/aromatic N) is 1. The molecule has 1 aromatic rings. The Labute approximate surface area is 127 Å². The fourth-order valence-electron chi connectivity index (χ4n) is 2.59. The first-order valence-corrected chi connectivity index (χ1v) is 8.72. The molecule has 0 amide bonds. The first-order valence-electron chi connectivity index (χ1n) is 7.67. The summed E-state index contributed by atoms with van der Waals surface area (Å²) in [5.74, 6) is 4.11. The van der Waals surface area contributed by atoms with E-state index in [1.54, 1.807) is 0 Å². The molecule has 0 saturated carbocycles. The second-order valence-corrected chi connectivity index (χ2v) is 7.78. The van der Waals surface area contributed by atoms with Gasteiger partial charge in [0.15, 0.2) is 0 Å². The summed E-state index contributed by atoms with van der Waals surface area (Å²) in [6, 6.07) is 2.23. The quantitative estimate of drug-likeness (QED) is 0.872. The van der Waals surface area contributed by atoms with Crippen molar-refractivity contribution in [3.05, 3.63) is 23.2 Å². The van der Waals surface area contributed by atoms with Crippen molar-refractivity contribution in [2.24, 2.45) is 5.92 Å². The topological polar surface area (TPSA) is 28.4 Å². The van der Waals surface area contributed by atoms with Crippen LogP contribution in [0.25, 0.3) is 0 Å². The smallest absolute Gasteiger partial charge is 0.118 e. The van der Waals surface area contributed by atoms with Crippen LogP contribution in [0.2, 0.25) is 0 Å². The summed E-state index contributed by atoms with van der Waals surface area (Å²) in [5, 5.41) is 4.23. The Morgan fingerprint density at radius 2 is 2.30 bits per heavy atom. The standard InChI is InChI=1S/C16H28N2OS/c1-12(2)8-17-9-15-7-16(19-14(15)4)11-18-5-6-20-13(3)10-18/h7,12-13,17H,5-6,8-11H2,1-4H3. The number of aryl methyl sites for hydroxylation is 1. The van der Waals surface area contributed by atoms with Crippen molar-refractivity contribution < 1.29 is 4.42 Å². The molecule has 1 atom stereocenters. The minimum atomic E-state index is 0.689. The molecular formula is C16H28N2OS. The largest absolute Gasteiger partial charge is 0.465 e. The molecule has 0 bridgehead atoms. The van der Waals surface area contributed by atoms with Crippen LogP contribution >= 0.6 is 11.8 Å². The van der Waals surface area contributed by atoms with E-state index in [2.05, 4.69) is 55.7 Å². The lowest BCUT2D eigenvalue weighted by atomic mass is 10.2. The number of hydrogen-bond donors (Lipinski definition) is 1. The first kappa shape index (κ1) is 15.9. The van der Waals surface area contributed by atoms with Crippen molar-refractivity contribution in [1.82, 2.24) is 10.2 Å². The summed E-state index contributed by atoms with van der Waals surface area (Å²) in [5.41, 5.74) is 1.31. The van der Waals surface area contributed by atoms with E-state index in [-0.39, 0.29) is 0 Å². The predicted octanol–water partition coefficient (Wildman–Crippen LogP) is 3.27. The molecule has 4 heteroatoms. The van der Waals surface area contributed by atoms with Crippen LogP contribution in [0.5, 0.6) is 0 Å². The minimum Gasteiger partial charge on any atom is -0.465 e. The van der Waals surface area contributed by atoms with Crippen LogP contribution in [0.1, 0.15) is 37.9 Å². The maximum absolute atomic E-state index is 5.92. The maximum Gasteiger partial charge on any atom is 0.118 e. The van der Waals surface area contributed by atoms with Gasteiger partial charge in [-0.3, -0.25) is 4.90 Å². The van der Waals surface area contributed by atoms with Crippen LogP contribution in [0.15, 0.2) is 10.5 Å². The second-order valence-electron chi connectivity index (χ2n) is 6.24. The molecule has 3 nitrogen and oxygen atoms in total. The van der Waals surface area contributed by atoms with Crippen LogP contribution < -0.4 is 5.32 Å². The van der Waals surface area contributed by atoms with Gasteiger partial charge >= 0.3 is 0 Å². The molecule has 1 saturated heterocycles. The van der Waals surface area contributed by atoms with Crippen molar-refractivity contribution >= 4 is 11.8 Å². The lowest BCUT2D eigenvalue weighted by molar-refractivity contribution is 0.253. The fourth-order valence-corrected chi connectivity index (χ4v) is 3.67. The Kier molecular flexibility index (Phi) is 6.00. The second kappa shape index (κ2) is 7.53. The Morgan fingerprint density at radius 1 is 1.50 bits per heavy atom. The van der Waals surface area contributed by atoms with Gasteiger partial charge in [-0.15, -0.1) is 0 Å². The predicted molar refractivity (Wildman–Crippen MR) is 87.2 cm³/mol. The third-order valence-corrected chi connectivity index (χ3v) is 4.78. The molecule has 0 aromatic carbocycles. The molecule has 0 spiro atoms. The van der Waals surface area contributed by atoms with Crippen LogP contribution in [0, 0.1) is 12.8 Å². The number of rotatable bonds is 6. The van der Waals surface area contributed by atoms with Gasteiger partial charge in [-0.1, -0.05) is 20.8 Å². The molecule has 2 heterocycles. The third kappa shape index (κ3) is 4.83.